The van der Waals surface area contributed by atoms with Crippen LogP contribution in [0.4, 0.5) is 17.1 Å². The highest BCUT2D eigenvalue weighted by atomic mass is 32.2. The van der Waals surface area contributed by atoms with Gasteiger partial charge in [0.25, 0.3) is 21.0 Å². The Hall–Kier alpha value is -2.91. The summed E-state index contributed by atoms with van der Waals surface area (Å²) in [6, 6.07) is 8.61. The molecular weight excluding hydrogens is 372 g/mol. The highest BCUT2D eigenvalue weighted by Crippen LogP contribution is 2.28. The first-order chi connectivity index (χ1) is 12.7. The summed E-state index contributed by atoms with van der Waals surface area (Å²) in [7, 11) is -4.38. The second-order valence-corrected chi connectivity index (χ2v) is 7.51. The minimum atomic E-state index is -4.38. The van der Waals surface area contributed by atoms with Crippen molar-refractivity contribution in [2.24, 2.45) is 0 Å². The lowest BCUT2D eigenvalue weighted by molar-refractivity contribution is 0.452. The molecule has 0 amide bonds. The van der Waals surface area contributed by atoms with Crippen molar-refractivity contribution in [2.45, 2.75) is 31.2 Å². The van der Waals surface area contributed by atoms with Crippen LogP contribution in [-0.4, -0.2) is 13.0 Å². The Labute approximate surface area is 155 Å². The predicted octanol–water partition coefficient (Wildman–Crippen LogP) is 2.74. The van der Waals surface area contributed by atoms with Gasteiger partial charge < -0.3 is 15.1 Å². The van der Waals surface area contributed by atoms with E-state index in [0.29, 0.717) is 12.2 Å². The van der Waals surface area contributed by atoms with Crippen LogP contribution in [0, 0.1) is 6.92 Å². The van der Waals surface area contributed by atoms with Gasteiger partial charge in [-0.25, -0.2) is 0 Å². The van der Waals surface area contributed by atoms with Crippen molar-refractivity contribution >= 4 is 27.2 Å². The van der Waals surface area contributed by atoms with Gasteiger partial charge in [0.1, 0.15) is 22.9 Å². The normalized spacial score (nSPS) is 12.9. The third-order valence-corrected chi connectivity index (χ3v) is 4.99. The zero-order valence-electron chi connectivity index (χ0n) is 14.6. The van der Waals surface area contributed by atoms with Crippen molar-refractivity contribution in [1.29, 1.82) is 0 Å². The number of nitrogens with one attached hydrogen (secondary N) is 2. The molecule has 142 valence electrons. The molecule has 9 heteroatoms. The largest absolute Gasteiger partial charge is 0.464 e. The van der Waals surface area contributed by atoms with Crippen molar-refractivity contribution in [2.75, 3.05) is 10.6 Å². The number of furan rings is 1. The lowest BCUT2D eigenvalue weighted by Gasteiger charge is -2.20. The Morgan fingerprint density at radius 2 is 1.81 bits per heavy atom. The topological polar surface area (TPSA) is 126 Å². The predicted molar refractivity (Wildman–Crippen MR) is 101 cm³/mol. The van der Waals surface area contributed by atoms with Gasteiger partial charge in [0.15, 0.2) is 0 Å². The lowest BCUT2D eigenvalue weighted by atomic mass is 10.1. The lowest BCUT2D eigenvalue weighted by Crippen LogP contribution is -2.37. The first-order valence-electron chi connectivity index (χ1n) is 8.21. The molecule has 0 aliphatic rings. The average Bonchev–Trinajstić information content (AvgIpc) is 3.06. The molecule has 3 aromatic rings. The molecule has 27 heavy (non-hydrogen) atoms. The van der Waals surface area contributed by atoms with E-state index < -0.39 is 21.0 Å². The van der Waals surface area contributed by atoms with Gasteiger partial charge >= 0.3 is 0 Å². The number of anilines is 3. The molecule has 0 saturated carbocycles. The molecule has 0 radical (unpaired) electrons. The minimum Gasteiger partial charge on any atom is -0.464 e. The molecule has 0 spiro atoms. The van der Waals surface area contributed by atoms with E-state index >= 15 is 0 Å². The molecule has 0 aliphatic heterocycles. The van der Waals surface area contributed by atoms with Crippen LogP contribution in [0.1, 0.15) is 30.9 Å². The molecule has 0 saturated heterocycles. The Balaban J connectivity index is 1.88. The second-order valence-electron chi connectivity index (χ2n) is 6.09. The Kier molecular flexibility index (Phi) is 4.90. The molecule has 3 rings (SSSR count). The number of aryl methyl sites for hydroxylation is 1. The zero-order valence-corrected chi connectivity index (χ0v) is 15.5. The van der Waals surface area contributed by atoms with Gasteiger partial charge in [-0.05, 0) is 43.7 Å². The van der Waals surface area contributed by atoms with Gasteiger partial charge in [-0.1, -0.05) is 13.0 Å². The maximum Gasteiger partial charge on any atom is 0.294 e. The van der Waals surface area contributed by atoms with Crippen LogP contribution in [0.25, 0.3) is 0 Å². The van der Waals surface area contributed by atoms with Gasteiger partial charge in [-0.3, -0.25) is 14.1 Å². The van der Waals surface area contributed by atoms with Crippen LogP contribution in [0.2, 0.25) is 0 Å². The minimum absolute atomic E-state index is 0.0363. The van der Waals surface area contributed by atoms with E-state index in [1.807, 2.05) is 19.9 Å². The van der Waals surface area contributed by atoms with Gasteiger partial charge in [0.2, 0.25) is 0 Å². The standard InChI is InChI=1S/C18H18N2O6S/c1-3-13(14-8-7-10(2)26-14)20-16-15(17(21)18(16)22)19-11-5-4-6-12(9-11)27(23,24)25/h4-9,13,19-20H,3H2,1-2H3,(H,23,24,25)/t13-/m1/s1. The third kappa shape index (κ3) is 3.79. The number of hydrogen-bond donors (Lipinski definition) is 3. The summed E-state index contributed by atoms with van der Waals surface area (Å²) < 4.78 is 37.2. The maximum atomic E-state index is 12.0. The average molecular weight is 390 g/mol. The van der Waals surface area contributed by atoms with Crippen LogP contribution in [0.5, 0.6) is 0 Å². The molecular formula is C18H18N2O6S. The third-order valence-electron chi connectivity index (χ3n) is 4.14. The van der Waals surface area contributed by atoms with Gasteiger partial charge in [-0.15, -0.1) is 0 Å². The number of hydrogen-bond acceptors (Lipinski definition) is 7. The van der Waals surface area contributed by atoms with E-state index in [1.54, 1.807) is 6.07 Å². The zero-order chi connectivity index (χ0) is 19.8. The summed E-state index contributed by atoms with van der Waals surface area (Å²) in [4.78, 5) is 23.6. The van der Waals surface area contributed by atoms with E-state index in [-0.39, 0.29) is 28.0 Å². The Morgan fingerprint density at radius 1 is 1.11 bits per heavy atom. The smallest absolute Gasteiger partial charge is 0.294 e. The fourth-order valence-corrected chi connectivity index (χ4v) is 3.24. The molecule has 1 atom stereocenters. The van der Waals surface area contributed by atoms with Crippen molar-refractivity contribution in [3.63, 3.8) is 0 Å². The molecule has 0 bridgehead atoms. The van der Waals surface area contributed by atoms with Crippen LogP contribution >= 0.6 is 0 Å². The van der Waals surface area contributed by atoms with Crippen LogP contribution in [0.3, 0.4) is 0 Å². The van der Waals surface area contributed by atoms with Gasteiger partial charge in [0, 0.05) is 5.69 Å². The van der Waals surface area contributed by atoms with Crippen molar-refractivity contribution in [1.82, 2.24) is 0 Å². The summed E-state index contributed by atoms with van der Waals surface area (Å²) in [5.41, 5.74) is -0.972. The summed E-state index contributed by atoms with van der Waals surface area (Å²) in [5, 5.41) is 5.76. The molecule has 1 heterocycles. The fourth-order valence-electron chi connectivity index (χ4n) is 2.72. The van der Waals surface area contributed by atoms with Gasteiger partial charge in [-0.2, -0.15) is 8.42 Å². The van der Waals surface area contributed by atoms with E-state index in [1.165, 1.54) is 24.3 Å². The molecule has 0 aliphatic carbocycles. The van der Waals surface area contributed by atoms with E-state index in [9.17, 15) is 18.0 Å². The van der Waals surface area contributed by atoms with Gasteiger partial charge in [0.05, 0.1) is 10.9 Å². The quantitative estimate of drug-likeness (QED) is 0.415. The summed E-state index contributed by atoms with van der Waals surface area (Å²) >= 11 is 0. The van der Waals surface area contributed by atoms with E-state index in [4.69, 9.17) is 8.97 Å². The van der Waals surface area contributed by atoms with Crippen LogP contribution in [0.15, 0.2) is 55.3 Å². The van der Waals surface area contributed by atoms with Crippen molar-refractivity contribution in [3.8, 4) is 0 Å². The van der Waals surface area contributed by atoms with Crippen molar-refractivity contribution in [3.05, 3.63) is 68.4 Å². The second kappa shape index (κ2) is 7.01. The van der Waals surface area contributed by atoms with Crippen molar-refractivity contribution < 1.29 is 17.4 Å². The Bertz CT molecular complexity index is 1160. The summed E-state index contributed by atoms with van der Waals surface area (Å²) in [6.07, 6.45) is 0.615. The maximum absolute atomic E-state index is 12.0. The Morgan fingerprint density at radius 3 is 2.41 bits per heavy atom. The molecule has 2 aromatic carbocycles. The van der Waals surface area contributed by atoms with Crippen LogP contribution < -0.4 is 21.5 Å². The molecule has 0 fully saturated rings. The van der Waals surface area contributed by atoms with Crippen LogP contribution in [-0.2, 0) is 10.1 Å². The summed E-state index contributed by atoms with van der Waals surface area (Å²) in [5.74, 6) is 1.37. The summed E-state index contributed by atoms with van der Waals surface area (Å²) in [6.45, 7) is 3.71. The molecule has 8 nitrogen and oxygen atoms in total. The SMILES string of the molecule is CC[C@@H](Nc1c(Nc2cccc(S(=O)(=O)O)c2)c(=O)c1=O)c1ccc(C)o1. The molecule has 1 aromatic heterocycles. The highest BCUT2D eigenvalue weighted by Gasteiger charge is 2.25. The first kappa shape index (κ1) is 18.9. The van der Waals surface area contributed by atoms with E-state index in [2.05, 4.69) is 10.6 Å². The number of rotatable bonds is 7. The highest BCUT2D eigenvalue weighted by molar-refractivity contribution is 7.85. The number of benzene rings is 1. The fraction of sp³-hybridized carbons (Fsp3) is 0.222. The molecule has 0 unspecified atom stereocenters. The van der Waals surface area contributed by atoms with E-state index in [0.717, 1.165) is 5.76 Å². The first-order valence-corrected chi connectivity index (χ1v) is 9.65. The molecule has 3 N–H and O–H groups in total. The monoisotopic (exact) mass is 390 g/mol.